The SMILES string of the molecule is N#C/C(=N\NC(=O)c1cccc(C(=O)N/N=C(/C#N)c2ccccc2Cl)n1)c1ccccc1Cl. The molecule has 166 valence electrons. The molecule has 11 heteroatoms. The van der Waals surface area contributed by atoms with Crippen molar-refractivity contribution < 1.29 is 9.59 Å². The van der Waals surface area contributed by atoms with Crippen LogP contribution in [0.15, 0.2) is 76.9 Å². The number of nitrogens with one attached hydrogen (secondary N) is 2. The molecule has 0 aliphatic heterocycles. The largest absolute Gasteiger partial charge is 0.290 e. The van der Waals surface area contributed by atoms with E-state index in [0.717, 1.165) is 0 Å². The van der Waals surface area contributed by atoms with Gasteiger partial charge in [0.25, 0.3) is 11.8 Å². The molecular weight excluding hydrogens is 477 g/mol. The van der Waals surface area contributed by atoms with Gasteiger partial charge in [0.2, 0.25) is 0 Å². The molecule has 0 bridgehead atoms. The molecule has 0 aliphatic rings. The number of halogens is 2. The number of carbonyl (C=O) groups is 2. The van der Waals surface area contributed by atoms with Crippen LogP contribution in [0.4, 0.5) is 0 Å². The van der Waals surface area contributed by atoms with Crippen molar-refractivity contribution in [3.63, 3.8) is 0 Å². The highest BCUT2D eigenvalue weighted by Gasteiger charge is 2.14. The molecule has 1 heterocycles. The zero-order chi connectivity index (χ0) is 24.5. The van der Waals surface area contributed by atoms with Crippen LogP contribution in [-0.4, -0.2) is 28.2 Å². The maximum absolute atomic E-state index is 12.5. The summed E-state index contributed by atoms with van der Waals surface area (Å²) in [7, 11) is 0. The van der Waals surface area contributed by atoms with E-state index >= 15 is 0 Å². The molecule has 3 rings (SSSR count). The van der Waals surface area contributed by atoms with E-state index in [2.05, 4.69) is 26.0 Å². The van der Waals surface area contributed by atoms with Crippen LogP contribution in [0, 0.1) is 22.7 Å². The molecule has 0 aliphatic carbocycles. The number of nitrogens with zero attached hydrogens (tertiary/aromatic N) is 5. The Morgan fingerprint density at radius 2 is 1.12 bits per heavy atom. The predicted octanol–water partition coefficient (Wildman–Crippen LogP) is 3.70. The Bertz CT molecular complexity index is 1300. The number of rotatable bonds is 6. The third kappa shape index (κ3) is 5.81. The number of aromatic nitrogens is 1. The Morgan fingerprint density at radius 3 is 1.50 bits per heavy atom. The summed E-state index contributed by atoms with van der Waals surface area (Å²) in [5, 5.41) is 26.8. The minimum Gasteiger partial charge on any atom is -0.266 e. The first-order valence-corrected chi connectivity index (χ1v) is 10.2. The molecule has 0 saturated heterocycles. The van der Waals surface area contributed by atoms with Gasteiger partial charge in [-0.1, -0.05) is 65.7 Å². The van der Waals surface area contributed by atoms with Gasteiger partial charge >= 0.3 is 0 Å². The Kier molecular flexibility index (Phi) is 8.03. The molecular formula is C23H13Cl2N7O2. The number of benzene rings is 2. The van der Waals surface area contributed by atoms with Gasteiger partial charge < -0.3 is 0 Å². The molecule has 9 nitrogen and oxygen atoms in total. The zero-order valence-corrected chi connectivity index (χ0v) is 18.7. The number of hydrazone groups is 2. The average molecular weight is 490 g/mol. The number of amides is 2. The first kappa shape index (κ1) is 24.1. The number of carbonyl (C=O) groups excluding carboxylic acids is 2. The number of hydrogen-bond acceptors (Lipinski definition) is 7. The second kappa shape index (κ2) is 11.3. The van der Waals surface area contributed by atoms with Crippen LogP contribution in [0.25, 0.3) is 0 Å². The summed E-state index contributed by atoms with van der Waals surface area (Å²) >= 11 is 12.1. The first-order valence-electron chi connectivity index (χ1n) is 9.47. The van der Waals surface area contributed by atoms with Crippen LogP contribution >= 0.6 is 23.2 Å². The number of pyridine rings is 1. The third-order valence-corrected chi connectivity index (χ3v) is 4.88. The van der Waals surface area contributed by atoms with Gasteiger partial charge in [-0.3, -0.25) is 9.59 Å². The van der Waals surface area contributed by atoms with Crippen molar-refractivity contribution in [3.05, 3.63) is 99.3 Å². The van der Waals surface area contributed by atoms with Gasteiger partial charge in [0.1, 0.15) is 23.5 Å². The van der Waals surface area contributed by atoms with Crippen molar-refractivity contribution in [2.45, 2.75) is 0 Å². The van der Waals surface area contributed by atoms with Gasteiger partial charge in [-0.2, -0.15) is 20.7 Å². The lowest BCUT2D eigenvalue weighted by molar-refractivity contribution is 0.0945. The van der Waals surface area contributed by atoms with E-state index in [9.17, 15) is 20.1 Å². The maximum Gasteiger partial charge on any atom is 0.290 e. The Balaban J connectivity index is 1.75. The minimum absolute atomic E-state index is 0.106. The normalized spacial score (nSPS) is 11.2. The second-order valence-electron chi connectivity index (χ2n) is 6.39. The maximum atomic E-state index is 12.5. The van der Waals surface area contributed by atoms with E-state index in [-0.39, 0.29) is 22.8 Å². The Hall–Kier alpha value is -4.57. The molecule has 1 aromatic heterocycles. The van der Waals surface area contributed by atoms with E-state index in [4.69, 9.17) is 23.2 Å². The van der Waals surface area contributed by atoms with Gasteiger partial charge in [0.05, 0.1) is 10.0 Å². The molecule has 2 aromatic carbocycles. The lowest BCUT2D eigenvalue weighted by Gasteiger charge is -2.05. The van der Waals surface area contributed by atoms with Crippen LogP contribution in [-0.2, 0) is 0 Å². The highest BCUT2D eigenvalue weighted by atomic mass is 35.5. The first-order chi connectivity index (χ1) is 16.4. The van der Waals surface area contributed by atoms with Gasteiger partial charge in [-0.05, 0) is 24.3 Å². The fourth-order valence-electron chi connectivity index (χ4n) is 2.61. The fourth-order valence-corrected chi connectivity index (χ4v) is 3.06. The van der Waals surface area contributed by atoms with Crippen molar-refractivity contribution in [2.24, 2.45) is 10.2 Å². The highest BCUT2D eigenvalue weighted by molar-refractivity contribution is 6.36. The minimum atomic E-state index is -0.758. The Labute approximate surface area is 204 Å². The quantitative estimate of drug-likeness (QED) is 0.400. The van der Waals surface area contributed by atoms with Crippen LogP contribution in [0.3, 0.4) is 0 Å². The lowest BCUT2D eigenvalue weighted by atomic mass is 10.1. The number of nitriles is 2. The van der Waals surface area contributed by atoms with Gasteiger partial charge in [0.15, 0.2) is 11.4 Å². The van der Waals surface area contributed by atoms with Crippen LogP contribution in [0.1, 0.15) is 32.1 Å². The zero-order valence-electron chi connectivity index (χ0n) is 17.2. The monoisotopic (exact) mass is 489 g/mol. The summed E-state index contributed by atoms with van der Waals surface area (Å²) in [6.45, 7) is 0. The van der Waals surface area contributed by atoms with Crippen LogP contribution < -0.4 is 10.9 Å². The van der Waals surface area contributed by atoms with Crippen molar-refractivity contribution in [2.75, 3.05) is 0 Å². The van der Waals surface area contributed by atoms with Crippen LogP contribution in [0.2, 0.25) is 10.0 Å². The summed E-state index contributed by atoms with van der Waals surface area (Å²) in [6, 6.07) is 20.9. The van der Waals surface area contributed by atoms with E-state index in [0.29, 0.717) is 21.2 Å². The van der Waals surface area contributed by atoms with Crippen molar-refractivity contribution in [1.82, 2.24) is 15.8 Å². The summed E-state index contributed by atoms with van der Waals surface area (Å²) in [5.41, 5.74) is 4.64. The third-order valence-electron chi connectivity index (χ3n) is 4.22. The van der Waals surface area contributed by atoms with Crippen LogP contribution in [0.5, 0.6) is 0 Å². The van der Waals surface area contributed by atoms with E-state index in [1.165, 1.54) is 18.2 Å². The predicted molar refractivity (Wildman–Crippen MR) is 126 cm³/mol. The molecule has 2 amide bonds. The van der Waals surface area contributed by atoms with Gasteiger partial charge in [-0.25, -0.2) is 15.8 Å². The molecule has 0 fully saturated rings. The molecule has 3 aromatic rings. The molecule has 0 atom stereocenters. The molecule has 34 heavy (non-hydrogen) atoms. The molecule has 0 saturated carbocycles. The standard InChI is InChI=1S/C23H13Cl2N7O2/c24-16-8-3-1-6-14(16)20(12-26)29-31-22(33)18-10-5-11-19(28-18)23(34)32-30-21(13-27)15-7-2-4-9-17(15)25/h1-11H,(H,31,33)(H,32,34)/b29-20-,30-21+. The number of hydrogen-bond donors (Lipinski definition) is 2. The van der Waals surface area contributed by atoms with Crippen molar-refractivity contribution in [1.29, 1.82) is 10.5 Å². The molecule has 0 spiro atoms. The summed E-state index contributed by atoms with van der Waals surface area (Å²) in [6.07, 6.45) is 0. The van der Waals surface area contributed by atoms with Gasteiger partial charge in [-0.15, -0.1) is 0 Å². The second-order valence-corrected chi connectivity index (χ2v) is 7.21. The lowest BCUT2D eigenvalue weighted by Crippen LogP contribution is -2.24. The highest BCUT2D eigenvalue weighted by Crippen LogP contribution is 2.16. The van der Waals surface area contributed by atoms with Gasteiger partial charge in [0, 0.05) is 11.1 Å². The fraction of sp³-hybridized carbons (Fsp3) is 0. The van der Waals surface area contributed by atoms with E-state index in [1.54, 1.807) is 48.5 Å². The topological polar surface area (TPSA) is 143 Å². The van der Waals surface area contributed by atoms with Crippen molar-refractivity contribution >= 4 is 46.4 Å². The molecule has 2 N–H and O–H groups in total. The summed E-state index contributed by atoms with van der Waals surface area (Å²) in [5.74, 6) is -1.52. The summed E-state index contributed by atoms with van der Waals surface area (Å²) in [4.78, 5) is 28.9. The molecule has 0 unspecified atom stereocenters. The average Bonchev–Trinajstić information content (AvgIpc) is 2.86. The molecule has 0 radical (unpaired) electrons. The van der Waals surface area contributed by atoms with Crippen molar-refractivity contribution in [3.8, 4) is 12.1 Å². The summed E-state index contributed by atoms with van der Waals surface area (Å²) < 4.78 is 0. The Morgan fingerprint density at radius 1 is 0.706 bits per heavy atom. The smallest absolute Gasteiger partial charge is 0.266 e. The van der Waals surface area contributed by atoms with E-state index < -0.39 is 11.8 Å². The van der Waals surface area contributed by atoms with E-state index in [1.807, 2.05) is 12.1 Å².